The molecule has 1 fully saturated rings. The number of carbonyl (C=O) groups is 1. The van der Waals surface area contributed by atoms with Gasteiger partial charge in [0.05, 0.1) is 23.6 Å². The average Bonchev–Trinajstić information content (AvgIpc) is 2.68. The van der Waals surface area contributed by atoms with E-state index in [9.17, 15) is 4.79 Å². The van der Waals surface area contributed by atoms with Crippen LogP contribution in [-0.4, -0.2) is 36.0 Å². The van der Waals surface area contributed by atoms with E-state index in [0.717, 1.165) is 53.8 Å². The predicted octanol–water partition coefficient (Wildman–Crippen LogP) is 3.50. The van der Waals surface area contributed by atoms with Crippen LogP contribution < -0.4 is 4.74 Å². The minimum Gasteiger partial charge on any atom is -0.496 e. The number of benzene rings is 1. The van der Waals surface area contributed by atoms with E-state index in [1.807, 2.05) is 30.0 Å². The molecular formula is C17H22N2O2. The average molecular weight is 286 g/mol. The van der Waals surface area contributed by atoms with Gasteiger partial charge in [-0.2, -0.15) is 0 Å². The number of fused-ring (bicyclic) bond motifs is 1. The number of aryl methyl sites for hydroxylation is 1. The number of nitrogens with zero attached hydrogens (tertiary/aromatic N) is 1. The van der Waals surface area contributed by atoms with Gasteiger partial charge in [0.2, 0.25) is 0 Å². The molecule has 1 aliphatic rings. The highest BCUT2D eigenvalue weighted by Gasteiger charge is 2.24. The van der Waals surface area contributed by atoms with E-state index in [1.165, 1.54) is 12.8 Å². The molecule has 1 aromatic heterocycles. The molecule has 1 aromatic carbocycles. The highest BCUT2D eigenvalue weighted by atomic mass is 16.5. The third-order valence-electron chi connectivity index (χ3n) is 4.30. The van der Waals surface area contributed by atoms with E-state index in [1.54, 1.807) is 7.11 Å². The van der Waals surface area contributed by atoms with Crippen LogP contribution in [0.2, 0.25) is 0 Å². The van der Waals surface area contributed by atoms with E-state index in [4.69, 9.17) is 4.74 Å². The van der Waals surface area contributed by atoms with Crippen molar-refractivity contribution in [1.82, 2.24) is 9.88 Å². The molecule has 4 nitrogen and oxygen atoms in total. The maximum absolute atomic E-state index is 13.0. The van der Waals surface area contributed by atoms with Crippen molar-refractivity contribution in [3.63, 3.8) is 0 Å². The number of methoxy groups -OCH3 is 1. The number of nitrogens with one attached hydrogen (secondary N) is 1. The maximum Gasteiger partial charge on any atom is 0.256 e. The Hall–Kier alpha value is -1.97. The Labute approximate surface area is 125 Å². The van der Waals surface area contributed by atoms with Gasteiger partial charge in [-0.1, -0.05) is 18.9 Å². The van der Waals surface area contributed by atoms with E-state index in [0.29, 0.717) is 0 Å². The van der Waals surface area contributed by atoms with Crippen LogP contribution in [0, 0.1) is 6.92 Å². The zero-order chi connectivity index (χ0) is 14.8. The molecular weight excluding hydrogens is 264 g/mol. The second-order valence-corrected chi connectivity index (χ2v) is 5.71. The lowest BCUT2D eigenvalue weighted by molar-refractivity contribution is 0.0762. The zero-order valence-corrected chi connectivity index (χ0v) is 12.7. The number of aromatic nitrogens is 1. The first-order valence-corrected chi connectivity index (χ1v) is 7.67. The van der Waals surface area contributed by atoms with Crippen molar-refractivity contribution in [2.45, 2.75) is 32.6 Å². The first-order chi connectivity index (χ1) is 10.2. The van der Waals surface area contributed by atoms with Crippen LogP contribution in [0.4, 0.5) is 0 Å². The number of hydrogen-bond acceptors (Lipinski definition) is 2. The summed E-state index contributed by atoms with van der Waals surface area (Å²) < 4.78 is 5.45. The Balaban J connectivity index is 2.06. The van der Waals surface area contributed by atoms with Gasteiger partial charge in [-0.25, -0.2) is 0 Å². The molecule has 1 amide bonds. The summed E-state index contributed by atoms with van der Waals surface area (Å²) in [5.74, 6) is 0.889. The SMILES string of the molecule is COc1cccc2[nH]c(C)c(C(=O)N3CCCCCC3)c12. The molecule has 0 aliphatic carbocycles. The summed E-state index contributed by atoms with van der Waals surface area (Å²) in [6.45, 7) is 3.69. The van der Waals surface area contributed by atoms with Crippen molar-refractivity contribution in [3.8, 4) is 5.75 Å². The van der Waals surface area contributed by atoms with Crippen LogP contribution in [0.3, 0.4) is 0 Å². The molecule has 2 aromatic rings. The first kappa shape index (κ1) is 14.0. The van der Waals surface area contributed by atoms with Gasteiger partial charge in [0, 0.05) is 18.8 Å². The summed E-state index contributed by atoms with van der Waals surface area (Å²) in [7, 11) is 1.65. The minimum atomic E-state index is 0.130. The van der Waals surface area contributed by atoms with E-state index in [-0.39, 0.29) is 5.91 Å². The standard InChI is InChI=1S/C17H22N2O2/c1-12-15(17(20)19-10-5-3-4-6-11-19)16-13(18-12)8-7-9-14(16)21-2/h7-9,18H,3-6,10-11H2,1-2H3. The minimum absolute atomic E-state index is 0.130. The third kappa shape index (κ3) is 2.50. The van der Waals surface area contributed by atoms with Crippen molar-refractivity contribution >= 4 is 16.8 Å². The summed E-state index contributed by atoms with van der Waals surface area (Å²) in [6, 6.07) is 5.84. The summed E-state index contributed by atoms with van der Waals surface area (Å²) in [5, 5.41) is 0.909. The predicted molar refractivity (Wildman–Crippen MR) is 84.0 cm³/mol. The highest BCUT2D eigenvalue weighted by molar-refractivity contribution is 6.10. The molecule has 2 heterocycles. The lowest BCUT2D eigenvalue weighted by Crippen LogP contribution is -2.32. The largest absolute Gasteiger partial charge is 0.496 e. The molecule has 112 valence electrons. The van der Waals surface area contributed by atoms with Gasteiger partial charge in [0.15, 0.2) is 0 Å². The first-order valence-electron chi connectivity index (χ1n) is 7.67. The summed E-state index contributed by atoms with van der Waals surface area (Å²) in [4.78, 5) is 18.3. The molecule has 21 heavy (non-hydrogen) atoms. The number of carbonyl (C=O) groups excluding carboxylic acids is 1. The molecule has 0 bridgehead atoms. The number of rotatable bonds is 2. The molecule has 0 spiro atoms. The quantitative estimate of drug-likeness (QED) is 0.918. The lowest BCUT2D eigenvalue weighted by Gasteiger charge is -2.20. The molecule has 1 N–H and O–H groups in total. The smallest absolute Gasteiger partial charge is 0.256 e. The second kappa shape index (κ2) is 5.80. The summed E-state index contributed by atoms with van der Waals surface area (Å²) in [6.07, 6.45) is 4.65. The zero-order valence-electron chi connectivity index (χ0n) is 12.7. The normalized spacial score (nSPS) is 16.0. The Morgan fingerprint density at radius 3 is 2.57 bits per heavy atom. The van der Waals surface area contributed by atoms with Crippen LogP contribution in [0.1, 0.15) is 41.7 Å². The molecule has 0 radical (unpaired) electrons. The van der Waals surface area contributed by atoms with Crippen LogP contribution >= 0.6 is 0 Å². The fourth-order valence-electron chi connectivity index (χ4n) is 3.21. The van der Waals surface area contributed by atoms with Crippen LogP contribution in [0.5, 0.6) is 5.75 Å². The molecule has 4 heteroatoms. The van der Waals surface area contributed by atoms with Gasteiger partial charge < -0.3 is 14.6 Å². The van der Waals surface area contributed by atoms with Gasteiger partial charge in [-0.15, -0.1) is 0 Å². The molecule has 0 atom stereocenters. The fraction of sp³-hybridized carbons (Fsp3) is 0.471. The lowest BCUT2D eigenvalue weighted by atomic mass is 10.1. The number of aromatic amines is 1. The van der Waals surface area contributed by atoms with E-state index < -0.39 is 0 Å². The van der Waals surface area contributed by atoms with Crippen molar-refractivity contribution in [2.24, 2.45) is 0 Å². The molecule has 0 saturated carbocycles. The molecule has 1 saturated heterocycles. The van der Waals surface area contributed by atoms with E-state index in [2.05, 4.69) is 4.98 Å². The second-order valence-electron chi connectivity index (χ2n) is 5.71. The number of hydrogen-bond donors (Lipinski definition) is 1. The number of amides is 1. The van der Waals surface area contributed by atoms with Crippen molar-refractivity contribution < 1.29 is 9.53 Å². The molecule has 0 unspecified atom stereocenters. The van der Waals surface area contributed by atoms with Gasteiger partial charge in [-0.05, 0) is 31.9 Å². The van der Waals surface area contributed by atoms with Gasteiger partial charge in [0.25, 0.3) is 5.91 Å². The Morgan fingerprint density at radius 2 is 1.90 bits per heavy atom. The monoisotopic (exact) mass is 286 g/mol. The maximum atomic E-state index is 13.0. The van der Waals surface area contributed by atoms with Crippen LogP contribution in [0.25, 0.3) is 10.9 Å². The Bertz CT molecular complexity index is 652. The molecule has 3 rings (SSSR count). The van der Waals surface area contributed by atoms with E-state index >= 15 is 0 Å². The summed E-state index contributed by atoms with van der Waals surface area (Å²) in [5.41, 5.74) is 2.65. The van der Waals surface area contributed by atoms with Crippen molar-refractivity contribution in [3.05, 3.63) is 29.5 Å². The Morgan fingerprint density at radius 1 is 1.19 bits per heavy atom. The summed E-state index contributed by atoms with van der Waals surface area (Å²) >= 11 is 0. The van der Waals surface area contributed by atoms with Crippen LogP contribution in [0.15, 0.2) is 18.2 Å². The fourth-order valence-corrected chi connectivity index (χ4v) is 3.21. The number of H-pyrrole nitrogens is 1. The van der Waals surface area contributed by atoms with Gasteiger partial charge in [-0.3, -0.25) is 4.79 Å². The third-order valence-corrected chi connectivity index (χ3v) is 4.30. The van der Waals surface area contributed by atoms with Gasteiger partial charge >= 0.3 is 0 Å². The number of likely N-dealkylation sites (tertiary alicyclic amines) is 1. The van der Waals surface area contributed by atoms with Gasteiger partial charge in [0.1, 0.15) is 5.75 Å². The highest BCUT2D eigenvalue weighted by Crippen LogP contribution is 2.32. The van der Waals surface area contributed by atoms with Crippen molar-refractivity contribution in [2.75, 3.05) is 20.2 Å². The van der Waals surface area contributed by atoms with Crippen molar-refractivity contribution in [1.29, 1.82) is 0 Å². The topological polar surface area (TPSA) is 45.3 Å². The molecule has 1 aliphatic heterocycles. The Kier molecular flexibility index (Phi) is 3.86. The number of ether oxygens (including phenoxy) is 1. The van der Waals surface area contributed by atoms with Crippen LogP contribution in [-0.2, 0) is 0 Å².